The molecule has 0 aliphatic carbocycles. The van der Waals surface area contributed by atoms with Crippen LogP contribution in [0.25, 0.3) is 11.1 Å². The summed E-state index contributed by atoms with van der Waals surface area (Å²) in [5.74, 6) is -2.72. The number of oxazole rings is 1. The fourth-order valence-electron chi connectivity index (χ4n) is 3.52. The van der Waals surface area contributed by atoms with Gasteiger partial charge in [-0.2, -0.15) is 18.2 Å². The number of anilines is 1. The third-order valence-corrected chi connectivity index (χ3v) is 5.84. The Hall–Kier alpha value is -4.53. The summed E-state index contributed by atoms with van der Waals surface area (Å²) < 4.78 is 43.0. The molecule has 0 bridgehead atoms. The highest BCUT2D eigenvalue weighted by Gasteiger charge is 2.38. The Balaban J connectivity index is 0.000000616. The average Bonchev–Trinajstić information content (AvgIpc) is 3.36. The Bertz CT molecular complexity index is 1410. The maximum absolute atomic E-state index is 12.0. The van der Waals surface area contributed by atoms with E-state index in [2.05, 4.69) is 25.9 Å². The lowest BCUT2D eigenvalue weighted by Gasteiger charge is -2.15. The van der Waals surface area contributed by atoms with Gasteiger partial charge in [-0.1, -0.05) is 29.8 Å². The molecule has 1 aliphatic rings. The van der Waals surface area contributed by atoms with Crippen molar-refractivity contribution in [1.82, 2.24) is 15.6 Å². The molecule has 4 rings (SSSR count). The lowest BCUT2D eigenvalue weighted by molar-refractivity contribution is -0.192. The van der Waals surface area contributed by atoms with E-state index in [1.165, 1.54) is 0 Å². The molecule has 0 radical (unpaired) electrons. The molecule has 226 valence electrons. The predicted molar refractivity (Wildman–Crippen MR) is 146 cm³/mol. The molecule has 1 aromatic heterocycles. The number of carboxylic acid groups (broad SMARTS) is 2. The van der Waals surface area contributed by atoms with Gasteiger partial charge in [0.15, 0.2) is 11.5 Å². The van der Waals surface area contributed by atoms with Gasteiger partial charge >= 0.3 is 18.1 Å². The van der Waals surface area contributed by atoms with Crippen molar-refractivity contribution >= 4 is 52.5 Å². The summed E-state index contributed by atoms with van der Waals surface area (Å²) >= 11 is 6.10. The fourth-order valence-corrected chi connectivity index (χ4v) is 3.73. The summed E-state index contributed by atoms with van der Waals surface area (Å²) in [6.45, 7) is 1.91. The molecule has 0 fully saturated rings. The second-order valence-electron chi connectivity index (χ2n) is 8.80. The zero-order valence-corrected chi connectivity index (χ0v) is 22.7. The van der Waals surface area contributed by atoms with Crippen LogP contribution in [0.5, 0.6) is 5.75 Å². The van der Waals surface area contributed by atoms with Gasteiger partial charge in [-0.05, 0) is 42.7 Å². The zero-order valence-electron chi connectivity index (χ0n) is 21.9. The first kappa shape index (κ1) is 32.0. The number of halogens is 4. The van der Waals surface area contributed by atoms with Crippen molar-refractivity contribution in [1.29, 1.82) is 0 Å². The SMILES string of the molecule is O=C(CCCOc1ccc(C[C@H](Nc2nc3cccc(Cl)c3o2)C(=O)O)cc1)NC1=NCCCN1.O=C(O)C(F)(F)F. The monoisotopic (exact) mass is 613 g/mol. The molecular formula is C26H27ClF3N5O7. The van der Waals surface area contributed by atoms with Gasteiger partial charge < -0.3 is 30.0 Å². The Morgan fingerprint density at radius 2 is 1.86 bits per heavy atom. The van der Waals surface area contributed by atoms with Gasteiger partial charge in [-0.25, -0.2) is 9.59 Å². The van der Waals surface area contributed by atoms with E-state index in [1.54, 1.807) is 42.5 Å². The van der Waals surface area contributed by atoms with E-state index in [1.807, 2.05) is 0 Å². The molecule has 3 aromatic rings. The number of hydrogen-bond donors (Lipinski definition) is 5. The number of rotatable bonds is 10. The van der Waals surface area contributed by atoms with E-state index in [0.29, 0.717) is 47.3 Å². The molecule has 42 heavy (non-hydrogen) atoms. The molecule has 16 heteroatoms. The summed E-state index contributed by atoms with van der Waals surface area (Å²) in [5, 5.41) is 25.8. The van der Waals surface area contributed by atoms with E-state index in [-0.39, 0.29) is 18.3 Å². The lowest BCUT2D eigenvalue weighted by Crippen LogP contribution is -2.43. The summed E-state index contributed by atoms with van der Waals surface area (Å²) in [6.07, 6.45) is -3.03. The first-order valence-electron chi connectivity index (χ1n) is 12.6. The minimum Gasteiger partial charge on any atom is -0.494 e. The first-order chi connectivity index (χ1) is 19.9. The van der Waals surface area contributed by atoms with E-state index in [9.17, 15) is 27.9 Å². The first-order valence-corrected chi connectivity index (χ1v) is 12.9. The predicted octanol–water partition coefficient (Wildman–Crippen LogP) is 3.85. The molecule has 1 atom stereocenters. The van der Waals surface area contributed by atoms with Crippen molar-refractivity contribution in [2.24, 2.45) is 4.99 Å². The molecular weight excluding hydrogens is 587 g/mol. The Morgan fingerprint density at radius 1 is 1.14 bits per heavy atom. The van der Waals surface area contributed by atoms with Crippen LogP contribution in [0.15, 0.2) is 51.9 Å². The number of para-hydroxylation sites is 1. The Labute approximate surface area is 241 Å². The van der Waals surface area contributed by atoms with Crippen LogP contribution in [-0.2, 0) is 20.8 Å². The minimum atomic E-state index is -5.08. The van der Waals surface area contributed by atoms with Gasteiger partial charge in [0, 0.05) is 25.9 Å². The number of aliphatic imine (C=N–C) groups is 1. The smallest absolute Gasteiger partial charge is 0.490 e. The summed E-state index contributed by atoms with van der Waals surface area (Å²) in [4.78, 5) is 41.1. The molecule has 0 unspecified atom stereocenters. The highest BCUT2D eigenvalue weighted by Crippen LogP contribution is 2.26. The number of carbonyl (C=O) groups excluding carboxylic acids is 1. The maximum Gasteiger partial charge on any atom is 0.490 e. The number of aromatic nitrogens is 1. The van der Waals surface area contributed by atoms with Gasteiger partial charge in [-0.3, -0.25) is 15.1 Å². The van der Waals surface area contributed by atoms with Crippen LogP contribution in [0, 0.1) is 0 Å². The number of nitrogens with one attached hydrogen (secondary N) is 3. The molecule has 1 amide bonds. The summed E-state index contributed by atoms with van der Waals surface area (Å²) in [7, 11) is 0. The molecule has 0 saturated heterocycles. The molecule has 0 saturated carbocycles. The van der Waals surface area contributed by atoms with E-state index < -0.39 is 24.2 Å². The number of ether oxygens (including phenoxy) is 1. The number of benzene rings is 2. The number of aliphatic carboxylic acids is 2. The molecule has 5 N–H and O–H groups in total. The van der Waals surface area contributed by atoms with Crippen LogP contribution >= 0.6 is 11.6 Å². The number of carboxylic acids is 2. The van der Waals surface area contributed by atoms with Gasteiger partial charge in [0.2, 0.25) is 5.91 Å². The summed E-state index contributed by atoms with van der Waals surface area (Å²) in [5.41, 5.74) is 1.74. The third-order valence-electron chi connectivity index (χ3n) is 5.54. The average molecular weight is 614 g/mol. The van der Waals surface area contributed by atoms with Crippen LogP contribution in [0.4, 0.5) is 19.2 Å². The normalized spacial score (nSPS) is 13.6. The highest BCUT2D eigenvalue weighted by molar-refractivity contribution is 6.34. The number of alkyl halides is 3. The van der Waals surface area contributed by atoms with Crippen molar-refractivity contribution in [3.63, 3.8) is 0 Å². The number of hydrogen-bond acceptors (Lipinski definition) is 9. The number of fused-ring (bicyclic) bond motifs is 1. The second kappa shape index (κ2) is 14.9. The standard InChI is InChI=1S/C24H26ClN5O5.C2HF3O2/c25-17-4-1-5-18-21(17)35-24(28-18)29-19(22(32)33)14-15-7-9-16(10-8-15)34-13-2-6-20(31)30-23-26-11-3-12-27-23;3-2(4,5)1(6)7/h1,4-5,7-10,19H,2-3,6,11-14H2,(H,28,29)(H,32,33)(H2,26,27,30,31);(H,6,7)/t19-;/m0./s1. The lowest BCUT2D eigenvalue weighted by atomic mass is 10.1. The van der Waals surface area contributed by atoms with Crippen LogP contribution in [0.3, 0.4) is 0 Å². The van der Waals surface area contributed by atoms with Crippen molar-refractivity contribution in [2.75, 3.05) is 25.0 Å². The number of amides is 1. The van der Waals surface area contributed by atoms with E-state index in [4.69, 9.17) is 30.7 Å². The fraction of sp³-hybridized carbons (Fsp3) is 0.346. The van der Waals surface area contributed by atoms with Crippen molar-refractivity contribution in [2.45, 2.75) is 37.9 Å². The van der Waals surface area contributed by atoms with Gasteiger partial charge in [0.25, 0.3) is 6.01 Å². The van der Waals surface area contributed by atoms with Crippen molar-refractivity contribution in [3.05, 3.63) is 53.1 Å². The van der Waals surface area contributed by atoms with Gasteiger partial charge in [0.05, 0.1) is 11.6 Å². The number of carbonyl (C=O) groups is 3. The number of guanidine groups is 1. The van der Waals surface area contributed by atoms with Crippen LogP contribution in [0.2, 0.25) is 5.02 Å². The topological polar surface area (TPSA) is 175 Å². The number of nitrogens with zero attached hydrogens (tertiary/aromatic N) is 2. The van der Waals surface area contributed by atoms with E-state index in [0.717, 1.165) is 25.1 Å². The van der Waals surface area contributed by atoms with E-state index >= 15 is 0 Å². The largest absolute Gasteiger partial charge is 0.494 e. The Morgan fingerprint density at radius 3 is 2.45 bits per heavy atom. The molecule has 2 aromatic carbocycles. The maximum atomic E-state index is 12.0. The van der Waals surface area contributed by atoms with Crippen molar-refractivity contribution in [3.8, 4) is 5.75 Å². The summed E-state index contributed by atoms with van der Waals surface area (Å²) in [6, 6.07) is 11.4. The molecule has 12 nitrogen and oxygen atoms in total. The van der Waals surface area contributed by atoms with Crippen molar-refractivity contribution < 1.29 is 46.9 Å². The highest BCUT2D eigenvalue weighted by atomic mass is 35.5. The molecule has 1 aliphatic heterocycles. The third kappa shape index (κ3) is 10.1. The van der Waals surface area contributed by atoms with Crippen LogP contribution < -0.4 is 20.7 Å². The van der Waals surface area contributed by atoms with Gasteiger partial charge in [-0.15, -0.1) is 0 Å². The van der Waals surface area contributed by atoms with Crippen LogP contribution in [0.1, 0.15) is 24.8 Å². The minimum absolute atomic E-state index is 0.0934. The van der Waals surface area contributed by atoms with Crippen LogP contribution in [-0.4, -0.2) is 70.9 Å². The molecule has 2 heterocycles. The second-order valence-corrected chi connectivity index (χ2v) is 9.21. The quantitative estimate of drug-likeness (QED) is 0.211. The molecule has 0 spiro atoms. The zero-order chi connectivity index (χ0) is 30.7. The Kier molecular flexibility index (Phi) is 11.4. The van der Waals surface area contributed by atoms with Gasteiger partial charge in [0.1, 0.15) is 17.3 Å².